The van der Waals surface area contributed by atoms with Gasteiger partial charge in [0, 0.05) is 10.9 Å². The molecule has 0 atom stereocenters. The van der Waals surface area contributed by atoms with E-state index in [1.165, 1.54) is 7.11 Å². The van der Waals surface area contributed by atoms with E-state index < -0.39 is 5.97 Å². The molecule has 2 aromatic heterocycles. The highest BCUT2D eigenvalue weighted by molar-refractivity contribution is 6.09. The maximum absolute atomic E-state index is 13.3. The second-order valence-electron chi connectivity index (χ2n) is 6.41. The van der Waals surface area contributed by atoms with Crippen molar-refractivity contribution in [1.82, 2.24) is 9.97 Å². The number of pyridine rings is 1. The zero-order valence-electron chi connectivity index (χ0n) is 16.3. The van der Waals surface area contributed by atoms with E-state index in [4.69, 9.17) is 14.2 Å². The Kier molecular flexibility index (Phi) is 4.72. The molecule has 148 valence electrons. The number of aromatic nitrogens is 2. The SMILES string of the molecule is CCOC(=O)c1[nH]c2[nH]c3ccccc3c(=O)c2c1-c1ccc(OC)c(OC)c1. The van der Waals surface area contributed by atoms with E-state index in [1.54, 1.807) is 44.4 Å². The van der Waals surface area contributed by atoms with Crippen LogP contribution >= 0.6 is 0 Å². The first-order chi connectivity index (χ1) is 14.1. The molecule has 0 radical (unpaired) electrons. The van der Waals surface area contributed by atoms with Crippen LogP contribution in [0.5, 0.6) is 11.5 Å². The van der Waals surface area contributed by atoms with Crippen LogP contribution in [0.25, 0.3) is 33.1 Å². The Labute approximate surface area is 166 Å². The van der Waals surface area contributed by atoms with Gasteiger partial charge in [0.1, 0.15) is 11.3 Å². The molecule has 0 aliphatic carbocycles. The van der Waals surface area contributed by atoms with Gasteiger partial charge in [-0.1, -0.05) is 18.2 Å². The van der Waals surface area contributed by atoms with Gasteiger partial charge in [-0.15, -0.1) is 0 Å². The number of para-hydroxylation sites is 1. The number of rotatable bonds is 5. The van der Waals surface area contributed by atoms with Crippen LogP contribution < -0.4 is 14.9 Å². The highest BCUT2D eigenvalue weighted by Crippen LogP contribution is 2.37. The summed E-state index contributed by atoms with van der Waals surface area (Å²) >= 11 is 0. The molecular formula is C22H20N2O5. The molecule has 2 heterocycles. The molecule has 7 heteroatoms. The normalized spacial score (nSPS) is 11.0. The van der Waals surface area contributed by atoms with E-state index in [9.17, 15) is 9.59 Å². The average molecular weight is 392 g/mol. The number of methoxy groups -OCH3 is 2. The maximum atomic E-state index is 13.3. The first kappa shape index (κ1) is 18.6. The smallest absolute Gasteiger partial charge is 0.355 e. The van der Waals surface area contributed by atoms with Gasteiger partial charge in [0.25, 0.3) is 0 Å². The molecule has 0 aliphatic rings. The zero-order chi connectivity index (χ0) is 20.5. The molecular weight excluding hydrogens is 372 g/mol. The number of H-pyrrole nitrogens is 2. The lowest BCUT2D eigenvalue weighted by Crippen LogP contribution is -2.07. The summed E-state index contributed by atoms with van der Waals surface area (Å²) in [7, 11) is 3.08. The van der Waals surface area contributed by atoms with Crippen molar-refractivity contribution in [3.05, 3.63) is 58.4 Å². The van der Waals surface area contributed by atoms with Crippen molar-refractivity contribution in [3.8, 4) is 22.6 Å². The molecule has 4 aromatic rings. The summed E-state index contributed by atoms with van der Waals surface area (Å²) in [5.41, 5.74) is 2.27. The Morgan fingerprint density at radius 3 is 2.48 bits per heavy atom. The van der Waals surface area contributed by atoms with Gasteiger partial charge >= 0.3 is 5.97 Å². The third kappa shape index (κ3) is 3.00. The van der Waals surface area contributed by atoms with Gasteiger partial charge in [0.05, 0.1) is 31.7 Å². The van der Waals surface area contributed by atoms with Crippen molar-refractivity contribution in [2.24, 2.45) is 0 Å². The maximum Gasteiger partial charge on any atom is 0.355 e. The number of esters is 1. The summed E-state index contributed by atoms with van der Waals surface area (Å²) in [5.74, 6) is 0.504. The second-order valence-corrected chi connectivity index (χ2v) is 6.41. The fraction of sp³-hybridized carbons (Fsp3) is 0.182. The van der Waals surface area contributed by atoms with Crippen LogP contribution in [-0.2, 0) is 4.74 Å². The van der Waals surface area contributed by atoms with Crippen molar-refractivity contribution in [2.45, 2.75) is 6.92 Å². The molecule has 0 saturated heterocycles. The third-order valence-corrected chi connectivity index (χ3v) is 4.81. The molecule has 29 heavy (non-hydrogen) atoms. The number of hydrogen-bond donors (Lipinski definition) is 2. The van der Waals surface area contributed by atoms with Gasteiger partial charge in [-0.25, -0.2) is 4.79 Å². The van der Waals surface area contributed by atoms with E-state index in [0.29, 0.717) is 44.6 Å². The quantitative estimate of drug-likeness (QED) is 0.503. The monoisotopic (exact) mass is 392 g/mol. The van der Waals surface area contributed by atoms with Crippen LogP contribution in [0.3, 0.4) is 0 Å². The molecule has 0 spiro atoms. The van der Waals surface area contributed by atoms with Gasteiger partial charge in [0.2, 0.25) is 0 Å². The topological polar surface area (TPSA) is 93.4 Å². The lowest BCUT2D eigenvalue weighted by Gasteiger charge is -2.10. The number of aromatic amines is 2. The molecule has 7 nitrogen and oxygen atoms in total. The highest BCUT2D eigenvalue weighted by Gasteiger charge is 2.24. The van der Waals surface area contributed by atoms with Crippen LogP contribution in [0.4, 0.5) is 0 Å². The summed E-state index contributed by atoms with van der Waals surface area (Å²) in [6.07, 6.45) is 0. The summed E-state index contributed by atoms with van der Waals surface area (Å²) < 4.78 is 15.9. The third-order valence-electron chi connectivity index (χ3n) is 4.81. The predicted octanol–water partition coefficient (Wildman–Crippen LogP) is 3.87. The fourth-order valence-corrected chi connectivity index (χ4v) is 3.52. The first-order valence-electron chi connectivity index (χ1n) is 9.15. The fourth-order valence-electron chi connectivity index (χ4n) is 3.52. The Bertz CT molecular complexity index is 1290. The van der Waals surface area contributed by atoms with E-state index in [2.05, 4.69) is 9.97 Å². The van der Waals surface area contributed by atoms with Gasteiger partial charge in [-0.2, -0.15) is 0 Å². The molecule has 0 bridgehead atoms. The Balaban J connectivity index is 2.10. The molecule has 0 aliphatic heterocycles. The standard InChI is InChI=1S/C22H20N2O5/c1-4-29-22(26)19-17(12-9-10-15(27-2)16(11-12)28-3)18-20(25)13-7-5-6-8-14(13)23-21(18)24-19/h5-11H,4H2,1-3H3,(H2,23,24,25). The number of benzene rings is 2. The van der Waals surface area contributed by atoms with Crippen molar-refractivity contribution in [2.75, 3.05) is 20.8 Å². The minimum atomic E-state index is -0.537. The predicted molar refractivity (Wildman–Crippen MR) is 111 cm³/mol. The molecule has 2 N–H and O–H groups in total. The van der Waals surface area contributed by atoms with Crippen molar-refractivity contribution in [1.29, 1.82) is 0 Å². The van der Waals surface area contributed by atoms with E-state index >= 15 is 0 Å². The lowest BCUT2D eigenvalue weighted by molar-refractivity contribution is 0.0521. The molecule has 0 amide bonds. The molecule has 4 rings (SSSR count). The van der Waals surface area contributed by atoms with E-state index in [-0.39, 0.29) is 17.7 Å². The van der Waals surface area contributed by atoms with Crippen molar-refractivity contribution < 1.29 is 19.0 Å². The van der Waals surface area contributed by atoms with E-state index in [1.807, 2.05) is 12.1 Å². The van der Waals surface area contributed by atoms with Gasteiger partial charge < -0.3 is 24.2 Å². The molecule has 0 fully saturated rings. The largest absolute Gasteiger partial charge is 0.493 e. The molecule has 0 unspecified atom stereocenters. The van der Waals surface area contributed by atoms with Crippen LogP contribution in [0.15, 0.2) is 47.3 Å². The Morgan fingerprint density at radius 1 is 1.00 bits per heavy atom. The number of carbonyl (C=O) groups excluding carboxylic acids is 1. The van der Waals surface area contributed by atoms with Gasteiger partial charge in [-0.05, 0) is 36.8 Å². The summed E-state index contributed by atoms with van der Waals surface area (Å²) in [6.45, 7) is 1.95. The van der Waals surface area contributed by atoms with Crippen LogP contribution in [0.2, 0.25) is 0 Å². The van der Waals surface area contributed by atoms with Crippen LogP contribution in [-0.4, -0.2) is 36.8 Å². The first-order valence-corrected chi connectivity index (χ1v) is 9.15. The zero-order valence-corrected chi connectivity index (χ0v) is 16.3. The summed E-state index contributed by atoms with van der Waals surface area (Å²) in [4.78, 5) is 32.2. The van der Waals surface area contributed by atoms with Crippen LogP contribution in [0, 0.1) is 0 Å². The van der Waals surface area contributed by atoms with Gasteiger partial charge in [0.15, 0.2) is 16.9 Å². The Hall–Kier alpha value is -3.74. The van der Waals surface area contributed by atoms with Crippen molar-refractivity contribution >= 4 is 27.9 Å². The second kappa shape index (κ2) is 7.35. The minimum Gasteiger partial charge on any atom is -0.493 e. The number of nitrogens with one attached hydrogen (secondary N) is 2. The molecule has 0 saturated carbocycles. The summed E-state index contributed by atoms with van der Waals surface area (Å²) in [6, 6.07) is 12.5. The Morgan fingerprint density at radius 2 is 1.76 bits per heavy atom. The number of fused-ring (bicyclic) bond motifs is 2. The van der Waals surface area contributed by atoms with E-state index in [0.717, 1.165) is 0 Å². The van der Waals surface area contributed by atoms with Crippen LogP contribution in [0.1, 0.15) is 17.4 Å². The number of ether oxygens (including phenoxy) is 3. The number of carbonyl (C=O) groups is 1. The van der Waals surface area contributed by atoms with Crippen molar-refractivity contribution in [3.63, 3.8) is 0 Å². The number of hydrogen-bond acceptors (Lipinski definition) is 5. The molecule has 2 aromatic carbocycles. The summed E-state index contributed by atoms with van der Waals surface area (Å²) in [5, 5.41) is 0.926. The minimum absolute atomic E-state index is 0.175. The lowest BCUT2D eigenvalue weighted by atomic mass is 10.0. The highest BCUT2D eigenvalue weighted by atomic mass is 16.5. The average Bonchev–Trinajstić information content (AvgIpc) is 3.13. The van der Waals surface area contributed by atoms with Gasteiger partial charge in [-0.3, -0.25) is 4.79 Å².